The van der Waals surface area contributed by atoms with Crippen LogP contribution in [0.4, 0.5) is 4.79 Å². The van der Waals surface area contributed by atoms with E-state index in [1.807, 2.05) is 30.3 Å². The van der Waals surface area contributed by atoms with Crippen molar-refractivity contribution in [3.05, 3.63) is 35.9 Å². The molecule has 0 aromatic heterocycles. The number of alkyl carbamates (subject to hydrolysis) is 1. The highest BCUT2D eigenvalue weighted by atomic mass is 16.6. The molecule has 1 fully saturated rings. The van der Waals surface area contributed by atoms with Crippen LogP contribution in [0.2, 0.25) is 0 Å². The topological polar surface area (TPSA) is 114 Å². The molecule has 34 heavy (non-hydrogen) atoms. The highest BCUT2D eigenvalue weighted by Gasteiger charge is 2.43. The van der Waals surface area contributed by atoms with Gasteiger partial charge in [-0.3, -0.25) is 9.59 Å². The van der Waals surface area contributed by atoms with Crippen molar-refractivity contribution in [2.45, 2.75) is 90.6 Å². The first-order valence-electron chi connectivity index (χ1n) is 11.5. The van der Waals surface area contributed by atoms with Crippen molar-refractivity contribution < 1.29 is 28.7 Å². The van der Waals surface area contributed by atoms with Gasteiger partial charge in [0.15, 0.2) is 0 Å². The molecule has 1 saturated heterocycles. The Morgan fingerprint density at radius 3 is 2.15 bits per heavy atom. The Hall–Kier alpha value is -3.10. The van der Waals surface area contributed by atoms with Crippen LogP contribution in [0.25, 0.3) is 0 Å². The predicted octanol–water partition coefficient (Wildman–Crippen LogP) is 2.92. The number of hydrogen-bond donors (Lipinski definition) is 2. The summed E-state index contributed by atoms with van der Waals surface area (Å²) >= 11 is 0. The lowest BCUT2D eigenvalue weighted by Gasteiger charge is -2.34. The molecule has 2 N–H and O–H groups in total. The van der Waals surface area contributed by atoms with Crippen molar-refractivity contribution in [2.24, 2.45) is 0 Å². The number of ether oxygens (including phenoxy) is 2. The number of carbonyl (C=O) groups is 4. The Bertz CT molecular complexity index is 905. The fraction of sp³-hybridized carbons (Fsp3) is 0.600. The minimum atomic E-state index is -1.28. The Balaban J connectivity index is 2.01. The van der Waals surface area contributed by atoms with Gasteiger partial charge in [0.1, 0.15) is 29.3 Å². The average Bonchev–Trinajstić information content (AvgIpc) is 3.19. The highest BCUT2D eigenvalue weighted by molar-refractivity contribution is 5.95. The molecule has 1 atom stereocenters. The lowest BCUT2D eigenvalue weighted by molar-refractivity contribution is -0.154. The molecular formula is C25H37N3O6. The second-order valence-electron chi connectivity index (χ2n) is 10.6. The monoisotopic (exact) mass is 475 g/mol. The Morgan fingerprint density at radius 1 is 0.941 bits per heavy atom. The Kier molecular flexibility index (Phi) is 8.34. The molecule has 3 amide bonds. The normalized spacial score (nSPS) is 16.6. The van der Waals surface area contributed by atoms with E-state index in [9.17, 15) is 19.2 Å². The molecule has 1 aliphatic heterocycles. The average molecular weight is 476 g/mol. The van der Waals surface area contributed by atoms with Crippen molar-refractivity contribution in [1.82, 2.24) is 15.5 Å². The summed E-state index contributed by atoms with van der Waals surface area (Å²) in [5, 5.41) is 5.31. The molecule has 0 aliphatic carbocycles. The number of benzene rings is 1. The van der Waals surface area contributed by atoms with Crippen molar-refractivity contribution in [2.75, 3.05) is 6.54 Å². The summed E-state index contributed by atoms with van der Waals surface area (Å²) in [4.78, 5) is 52.6. The van der Waals surface area contributed by atoms with Crippen LogP contribution >= 0.6 is 0 Å². The number of nitrogens with zero attached hydrogens (tertiary/aromatic N) is 1. The summed E-state index contributed by atoms with van der Waals surface area (Å²) in [6.45, 7) is 11.9. The molecule has 0 unspecified atom stereocenters. The van der Waals surface area contributed by atoms with Crippen molar-refractivity contribution >= 4 is 23.9 Å². The van der Waals surface area contributed by atoms with E-state index in [-0.39, 0.29) is 6.61 Å². The van der Waals surface area contributed by atoms with Crippen LogP contribution in [0.15, 0.2) is 30.3 Å². The van der Waals surface area contributed by atoms with Crippen LogP contribution in [0.5, 0.6) is 0 Å². The van der Waals surface area contributed by atoms with Gasteiger partial charge in [-0.25, -0.2) is 9.59 Å². The first-order valence-corrected chi connectivity index (χ1v) is 11.5. The van der Waals surface area contributed by atoms with E-state index < -0.39 is 46.6 Å². The minimum absolute atomic E-state index is 0.0948. The van der Waals surface area contributed by atoms with E-state index in [0.717, 1.165) is 5.56 Å². The van der Waals surface area contributed by atoms with Crippen LogP contribution in [0, 0.1) is 0 Å². The van der Waals surface area contributed by atoms with Crippen LogP contribution < -0.4 is 10.6 Å². The molecule has 1 heterocycles. The zero-order chi connectivity index (χ0) is 25.7. The SMILES string of the molecule is CC(C)(C)OC(=O)NC(C)(C)C(=O)N1CCC[C@H]1C(=O)NC(C)(C)C(=O)OCc1ccccc1. The first-order chi connectivity index (χ1) is 15.6. The largest absolute Gasteiger partial charge is 0.459 e. The summed E-state index contributed by atoms with van der Waals surface area (Å²) in [6, 6.07) is 8.49. The highest BCUT2D eigenvalue weighted by Crippen LogP contribution is 2.23. The zero-order valence-electron chi connectivity index (χ0n) is 21.2. The van der Waals surface area contributed by atoms with Crippen LogP contribution in [0.1, 0.15) is 66.9 Å². The van der Waals surface area contributed by atoms with Gasteiger partial charge in [0.05, 0.1) is 0 Å². The maximum absolute atomic E-state index is 13.2. The Labute approximate surface area is 201 Å². The van der Waals surface area contributed by atoms with Crippen LogP contribution in [0.3, 0.4) is 0 Å². The smallest absolute Gasteiger partial charge is 0.408 e. The third-order valence-corrected chi connectivity index (χ3v) is 5.32. The second kappa shape index (κ2) is 10.4. The fourth-order valence-electron chi connectivity index (χ4n) is 3.60. The molecule has 1 aromatic rings. The van der Waals surface area contributed by atoms with Gasteiger partial charge in [-0.05, 0) is 66.9 Å². The number of hydrogen-bond acceptors (Lipinski definition) is 6. The number of amides is 3. The molecule has 2 rings (SSSR count). The van der Waals surface area contributed by atoms with Gasteiger partial charge in [-0.15, -0.1) is 0 Å². The molecule has 1 aliphatic rings. The van der Waals surface area contributed by atoms with Crippen molar-refractivity contribution in [1.29, 1.82) is 0 Å². The van der Waals surface area contributed by atoms with E-state index >= 15 is 0 Å². The number of esters is 1. The molecule has 0 spiro atoms. The van der Waals surface area contributed by atoms with Gasteiger partial charge >= 0.3 is 12.1 Å². The fourth-order valence-corrected chi connectivity index (χ4v) is 3.60. The molecule has 0 bridgehead atoms. The van der Waals surface area contributed by atoms with E-state index in [1.54, 1.807) is 48.5 Å². The van der Waals surface area contributed by atoms with Gasteiger partial charge in [-0.1, -0.05) is 30.3 Å². The molecule has 0 radical (unpaired) electrons. The summed E-state index contributed by atoms with van der Waals surface area (Å²) in [7, 11) is 0. The third kappa shape index (κ3) is 7.46. The van der Waals surface area contributed by atoms with Crippen molar-refractivity contribution in [3.8, 4) is 0 Å². The number of likely N-dealkylation sites (tertiary alicyclic amines) is 1. The quantitative estimate of drug-likeness (QED) is 0.586. The summed E-state index contributed by atoms with van der Waals surface area (Å²) < 4.78 is 10.6. The van der Waals surface area contributed by atoms with E-state index in [1.165, 1.54) is 4.90 Å². The molecule has 0 saturated carbocycles. The van der Waals surface area contributed by atoms with Gasteiger partial charge in [0.25, 0.3) is 0 Å². The lowest BCUT2D eigenvalue weighted by Crippen LogP contribution is -2.61. The third-order valence-electron chi connectivity index (χ3n) is 5.32. The van der Waals surface area contributed by atoms with Crippen molar-refractivity contribution in [3.63, 3.8) is 0 Å². The summed E-state index contributed by atoms with van der Waals surface area (Å²) in [5.74, 6) is -1.42. The standard InChI is InChI=1S/C25H37N3O6/c1-23(2,3)34-22(32)27-24(4,5)20(30)28-15-11-14-18(28)19(29)26-25(6,7)21(31)33-16-17-12-9-8-10-13-17/h8-10,12-13,18H,11,14-16H2,1-7H3,(H,26,29)(H,27,32)/t18-/m0/s1. The van der Waals surface area contributed by atoms with E-state index in [0.29, 0.717) is 19.4 Å². The van der Waals surface area contributed by atoms with Crippen LogP contribution in [-0.4, -0.2) is 58.0 Å². The van der Waals surface area contributed by atoms with Crippen LogP contribution in [-0.2, 0) is 30.5 Å². The first kappa shape index (κ1) is 27.1. The van der Waals surface area contributed by atoms with E-state index in [4.69, 9.17) is 9.47 Å². The molecule has 1 aromatic carbocycles. The summed E-state index contributed by atoms with van der Waals surface area (Å²) in [6.07, 6.45) is 0.369. The molecule has 9 nitrogen and oxygen atoms in total. The lowest BCUT2D eigenvalue weighted by atomic mass is 10.0. The second-order valence-corrected chi connectivity index (χ2v) is 10.6. The predicted molar refractivity (Wildman–Crippen MR) is 127 cm³/mol. The molecule has 9 heteroatoms. The van der Waals surface area contributed by atoms with Gasteiger partial charge in [0.2, 0.25) is 11.8 Å². The van der Waals surface area contributed by atoms with E-state index in [2.05, 4.69) is 10.6 Å². The number of nitrogens with one attached hydrogen (secondary N) is 2. The maximum atomic E-state index is 13.2. The number of carbonyl (C=O) groups excluding carboxylic acids is 4. The number of rotatable bonds is 7. The van der Waals surface area contributed by atoms with Gasteiger partial charge in [0, 0.05) is 6.54 Å². The zero-order valence-corrected chi connectivity index (χ0v) is 21.2. The van der Waals surface area contributed by atoms with Gasteiger partial charge in [-0.2, -0.15) is 0 Å². The van der Waals surface area contributed by atoms with Gasteiger partial charge < -0.3 is 25.0 Å². The Morgan fingerprint density at radius 2 is 1.56 bits per heavy atom. The molecular weight excluding hydrogens is 438 g/mol. The molecule has 188 valence electrons. The summed E-state index contributed by atoms with van der Waals surface area (Å²) in [5.41, 5.74) is -2.44. The minimum Gasteiger partial charge on any atom is -0.459 e. The maximum Gasteiger partial charge on any atom is 0.408 e.